The Morgan fingerprint density at radius 1 is 1.25 bits per heavy atom. The van der Waals surface area contributed by atoms with Crippen molar-refractivity contribution in [3.63, 3.8) is 0 Å². The molecule has 1 N–H and O–H groups in total. The van der Waals surface area contributed by atoms with E-state index in [4.69, 9.17) is 0 Å². The molecule has 0 aromatic heterocycles. The van der Waals surface area contributed by atoms with Crippen LogP contribution in [0, 0.1) is 5.92 Å². The molecule has 1 fully saturated rings. The lowest BCUT2D eigenvalue weighted by Crippen LogP contribution is -2.41. The standard InChI is InChI=1S/C17H26N2O/c1-18-9-7-13(8-10-18)12-19(2)16-11-14-5-3-4-6-15(14)17(16)20/h3-6,13,16-17,20H,7-12H2,1-2H3. The molecule has 2 aliphatic rings. The number of hydrogen-bond acceptors (Lipinski definition) is 3. The third-order valence-corrected chi connectivity index (χ3v) is 5.12. The fraction of sp³-hybridized carbons (Fsp3) is 0.647. The zero-order valence-electron chi connectivity index (χ0n) is 12.6. The molecule has 1 aromatic carbocycles. The molecule has 2 atom stereocenters. The number of fused-ring (bicyclic) bond motifs is 1. The van der Waals surface area contributed by atoms with Gasteiger partial charge in [-0.05, 0) is 63.5 Å². The molecule has 1 heterocycles. The van der Waals surface area contributed by atoms with Crippen LogP contribution in [0.15, 0.2) is 24.3 Å². The third kappa shape index (κ3) is 2.76. The van der Waals surface area contributed by atoms with E-state index in [0.29, 0.717) is 0 Å². The average molecular weight is 274 g/mol. The molecule has 110 valence electrons. The molecular weight excluding hydrogens is 248 g/mol. The van der Waals surface area contributed by atoms with E-state index >= 15 is 0 Å². The van der Waals surface area contributed by atoms with Crippen molar-refractivity contribution in [2.45, 2.75) is 31.4 Å². The summed E-state index contributed by atoms with van der Waals surface area (Å²) in [4.78, 5) is 4.80. The van der Waals surface area contributed by atoms with Crippen LogP contribution in [-0.2, 0) is 6.42 Å². The van der Waals surface area contributed by atoms with Crippen LogP contribution >= 0.6 is 0 Å². The van der Waals surface area contributed by atoms with E-state index in [1.54, 1.807) is 0 Å². The molecular formula is C17H26N2O. The molecule has 2 unspecified atom stereocenters. The van der Waals surface area contributed by atoms with Crippen LogP contribution in [-0.4, -0.2) is 54.7 Å². The number of likely N-dealkylation sites (N-methyl/N-ethyl adjacent to an activating group) is 1. The number of aliphatic hydroxyl groups excluding tert-OH is 1. The monoisotopic (exact) mass is 274 g/mol. The highest BCUT2D eigenvalue weighted by atomic mass is 16.3. The number of hydrogen-bond donors (Lipinski definition) is 1. The Labute approximate surface area is 122 Å². The molecule has 1 saturated heterocycles. The highest BCUT2D eigenvalue weighted by Crippen LogP contribution is 2.34. The molecule has 3 rings (SSSR count). The van der Waals surface area contributed by atoms with Gasteiger partial charge in [-0.2, -0.15) is 0 Å². The second-order valence-corrected chi connectivity index (χ2v) is 6.60. The predicted molar refractivity (Wildman–Crippen MR) is 81.7 cm³/mol. The maximum Gasteiger partial charge on any atom is 0.0950 e. The van der Waals surface area contributed by atoms with E-state index in [2.05, 4.69) is 42.1 Å². The quantitative estimate of drug-likeness (QED) is 0.912. The summed E-state index contributed by atoms with van der Waals surface area (Å²) in [7, 11) is 4.38. The third-order valence-electron chi connectivity index (χ3n) is 5.12. The van der Waals surface area contributed by atoms with Gasteiger partial charge in [-0.15, -0.1) is 0 Å². The molecule has 0 radical (unpaired) electrons. The largest absolute Gasteiger partial charge is 0.387 e. The first-order valence-electron chi connectivity index (χ1n) is 7.80. The molecule has 20 heavy (non-hydrogen) atoms. The Kier molecular flexibility index (Phi) is 4.11. The average Bonchev–Trinajstić information content (AvgIpc) is 2.79. The molecule has 3 nitrogen and oxygen atoms in total. The number of aliphatic hydroxyl groups is 1. The summed E-state index contributed by atoms with van der Waals surface area (Å²) >= 11 is 0. The summed E-state index contributed by atoms with van der Waals surface area (Å²) in [5, 5.41) is 10.5. The van der Waals surface area contributed by atoms with Crippen molar-refractivity contribution in [2.24, 2.45) is 5.92 Å². The molecule has 0 spiro atoms. The summed E-state index contributed by atoms with van der Waals surface area (Å²) in [5.74, 6) is 0.784. The molecule has 3 heteroatoms. The van der Waals surface area contributed by atoms with Crippen LogP contribution in [0.3, 0.4) is 0 Å². The second-order valence-electron chi connectivity index (χ2n) is 6.60. The van der Waals surface area contributed by atoms with E-state index < -0.39 is 0 Å². The number of likely N-dealkylation sites (tertiary alicyclic amines) is 1. The summed E-state index contributed by atoms with van der Waals surface area (Å²) < 4.78 is 0. The van der Waals surface area contributed by atoms with Crippen molar-refractivity contribution in [3.8, 4) is 0 Å². The first kappa shape index (κ1) is 14.1. The van der Waals surface area contributed by atoms with Gasteiger partial charge in [0.15, 0.2) is 0 Å². The Morgan fingerprint density at radius 3 is 2.65 bits per heavy atom. The maximum absolute atomic E-state index is 10.5. The minimum atomic E-state index is -0.317. The minimum absolute atomic E-state index is 0.257. The van der Waals surface area contributed by atoms with Crippen LogP contribution in [0.25, 0.3) is 0 Å². The van der Waals surface area contributed by atoms with Crippen LogP contribution in [0.4, 0.5) is 0 Å². The number of nitrogens with zero attached hydrogens (tertiary/aromatic N) is 2. The molecule has 1 aromatic rings. The summed E-state index contributed by atoms with van der Waals surface area (Å²) in [5.41, 5.74) is 2.45. The second kappa shape index (κ2) is 5.84. The van der Waals surface area contributed by atoms with E-state index in [0.717, 1.165) is 24.4 Å². The summed E-state index contributed by atoms with van der Waals surface area (Å²) in [6, 6.07) is 8.59. The topological polar surface area (TPSA) is 26.7 Å². The SMILES string of the molecule is CN1CCC(CN(C)C2Cc3ccccc3C2O)CC1. The van der Waals surface area contributed by atoms with Crippen LogP contribution in [0.2, 0.25) is 0 Å². The summed E-state index contributed by atoms with van der Waals surface area (Å²) in [6.45, 7) is 3.54. The lowest BCUT2D eigenvalue weighted by atomic mass is 9.95. The van der Waals surface area contributed by atoms with Gasteiger partial charge in [-0.3, -0.25) is 4.90 Å². The first-order valence-corrected chi connectivity index (χ1v) is 7.80. The van der Waals surface area contributed by atoms with Crippen molar-refractivity contribution in [2.75, 3.05) is 33.7 Å². The molecule has 0 bridgehead atoms. The highest BCUT2D eigenvalue weighted by molar-refractivity contribution is 5.35. The van der Waals surface area contributed by atoms with Gasteiger partial charge in [-0.1, -0.05) is 24.3 Å². The number of piperidine rings is 1. The number of rotatable bonds is 3. The zero-order chi connectivity index (χ0) is 14.1. The van der Waals surface area contributed by atoms with Gasteiger partial charge in [0.05, 0.1) is 6.10 Å². The predicted octanol–water partition coefficient (Wildman–Crippen LogP) is 1.92. The fourth-order valence-electron chi connectivity index (χ4n) is 3.74. The van der Waals surface area contributed by atoms with Gasteiger partial charge in [0.2, 0.25) is 0 Å². The van der Waals surface area contributed by atoms with Gasteiger partial charge in [0, 0.05) is 12.6 Å². The van der Waals surface area contributed by atoms with Crippen molar-refractivity contribution < 1.29 is 5.11 Å². The highest BCUT2D eigenvalue weighted by Gasteiger charge is 2.34. The molecule has 0 amide bonds. The van der Waals surface area contributed by atoms with Gasteiger partial charge >= 0.3 is 0 Å². The van der Waals surface area contributed by atoms with Crippen molar-refractivity contribution in [1.82, 2.24) is 9.80 Å². The normalized spacial score (nSPS) is 28.0. The Hall–Kier alpha value is -0.900. The van der Waals surface area contributed by atoms with Crippen molar-refractivity contribution in [1.29, 1.82) is 0 Å². The number of benzene rings is 1. The van der Waals surface area contributed by atoms with Gasteiger partial charge < -0.3 is 10.0 Å². The Morgan fingerprint density at radius 2 is 1.95 bits per heavy atom. The molecule has 0 saturated carbocycles. The lowest BCUT2D eigenvalue weighted by molar-refractivity contribution is 0.0592. The van der Waals surface area contributed by atoms with Crippen molar-refractivity contribution in [3.05, 3.63) is 35.4 Å². The van der Waals surface area contributed by atoms with E-state index in [9.17, 15) is 5.11 Å². The smallest absolute Gasteiger partial charge is 0.0950 e. The minimum Gasteiger partial charge on any atom is -0.387 e. The van der Waals surface area contributed by atoms with E-state index in [1.165, 1.54) is 31.5 Å². The summed E-state index contributed by atoms with van der Waals surface area (Å²) in [6.07, 6.45) is 3.25. The van der Waals surface area contributed by atoms with Gasteiger partial charge in [0.1, 0.15) is 0 Å². The van der Waals surface area contributed by atoms with Crippen LogP contribution < -0.4 is 0 Å². The van der Waals surface area contributed by atoms with Gasteiger partial charge in [-0.25, -0.2) is 0 Å². The van der Waals surface area contributed by atoms with Crippen LogP contribution in [0.5, 0.6) is 0 Å². The Balaban J connectivity index is 1.60. The molecule has 1 aliphatic carbocycles. The zero-order valence-corrected chi connectivity index (χ0v) is 12.6. The maximum atomic E-state index is 10.5. The van der Waals surface area contributed by atoms with Crippen molar-refractivity contribution >= 4 is 0 Å². The van der Waals surface area contributed by atoms with Gasteiger partial charge in [0.25, 0.3) is 0 Å². The molecule has 1 aliphatic heterocycles. The Bertz CT molecular complexity index is 454. The van der Waals surface area contributed by atoms with Crippen LogP contribution in [0.1, 0.15) is 30.1 Å². The fourth-order valence-corrected chi connectivity index (χ4v) is 3.74. The lowest BCUT2D eigenvalue weighted by Gasteiger charge is -2.34. The van der Waals surface area contributed by atoms with E-state index in [1.807, 2.05) is 6.07 Å². The van der Waals surface area contributed by atoms with E-state index in [-0.39, 0.29) is 12.1 Å². The first-order chi connectivity index (χ1) is 9.65.